The van der Waals surface area contributed by atoms with Gasteiger partial charge in [-0.1, -0.05) is 21.5 Å². The second-order valence-electron chi connectivity index (χ2n) is 1.11. The summed E-state index contributed by atoms with van der Waals surface area (Å²) in [7, 11) is 0. The minimum absolute atomic E-state index is 0.839. The van der Waals surface area contributed by atoms with Gasteiger partial charge in [0.15, 0.2) is 0 Å². The number of rotatable bonds is 1. The Labute approximate surface area is 52.2 Å². The summed E-state index contributed by atoms with van der Waals surface area (Å²) in [5, 5.41) is 0. The van der Waals surface area contributed by atoms with Crippen LogP contribution in [0, 0.1) is 0 Å². The van der Waals surface area contributed by atoms with E-state index in [1.807, 2.05) is 11.9 Å². The Hall–Kier alpha value is 0.570. The Morgan fingerprint density at radius 3 is 2.50 bits per heavy atom. The SMILES string of the molecule is CC(=CBr)CS. The molecule has 0 N–H and O–H groups in total. The summed E-state index contributed by atoms with van der Waals surface area (Å²) in [5.41, 5.74) is 1.25. The van der Waals surface area contributed by atoms with Crippen molar-refractivity contribution >= 4 is 28.6 Å². The summed E-state index contributed by atoms with van der Waals surface area (Å²) < 4.78 is 0. The van der Waals surface area contributed by atoms with Crippen molar-refractivity contribution in [2.45, 2.75) is 6.92 Å². The molecule has 0 aliphatic rings. The third-order valence-corrected chi connectivity index (χ3v) is 1.72. The molecule has 0 nitrogen and oxygen atoms in total. The van der Waals surface area contributed by atoms with Crippen LogP contribution in [-0.4, -0.2) is 5.75 Å². The van der Waals surface area contributed by atoms with E-state index in [1.165, 1.54) is 5.57 Å². The molecule has 0 saturated heterocycles. The van der Waals surface area contributed by atoms with Crippen molar-refractivity contribution in [2.75, 3.05) is 5.75 Å². The molecule has 0 bridgehead atoms. The summed E-state index contributed by atoms with van der Waals surface area (Å²) in [6.45, 7) is 2.02. The molecule has 0 unspecified atom stereocenters. The summed E-state index contributed by atoms with van der Waals surface area (Å²) in [6.07, 6.45) is 0. The van der Waals surface area contributed by atoms with Gasteiger partial charge in [0.25, 0.3) is 0 Å². The van der Waals surface area contributed by atoms with Crippen molar-refractivity contribution in [3.05, 3.63) is 10.6 Å². The molecule has 0 amide bonds. The van der Waals surface area contributed by atoms with Crippen LogP contribution in [0.1, 0.15) is 6.92 Å². The number of hydrogen-bond acceptors (Lipinski definition) is 1. The van der Waals surface area contributed by atoms with Crippen molar-refractivity contribution in [3.8, 4) is 0 Å². The molecule has 2 heteroatoms. The van der Waals surface area contributed by atoms with Gasteiger partial charge in [0, 0.05) is 5.75 Å². The third-order valence-electron chi connectivity index (χ3n) is 0.436. The number of hydrogen-bond donors (Lipinski definition) is 1. The fourth-order valence-corrected chi connectivity index (χ4v) is 0.538. The van der Waals surface area contributed by atoms with Gasteiger partial charge >= 0.3 is 0 Å². The quantitative estimate of drug-likeness (QED) is 0.568. The average molecular weight is 167 g/mol. The molecule has 0 spiro atoms. The minimum Gasteiger partial charge on any atom is -0.175 e. The van der Waals surface area contributed by atoms with Gasteiger partial charge in [-0.15, -0.1) is 0 Å². The van der Waals surface area contributed by atoms with Crippen molar-refractivity contribution in [1.82, 2.24) is 0 Å². The van der Waals surface area contributed by atoms with Gasteiger partial charge in [-0.2, -0.15) is 12.6 Å². The monoisotopic (exact) mass is 166 g/mol. The maximum Gasteiger partial charge on any atom is 0.0118 e. The fourth-order valence-electron chi connectivity index (χ4n) is 0.0345. The Morgan fingerprint density at radius 2 is 2.50 bits per heavy atom. The molecule has 0 aliphatic carbocycles. The lowest BCUT2D eigenvalue weighted by Crippen LogP contribution is -1.68. The highest BCUT2D eigenvalue weighted by Crippen LogP contribution is 1.97. The molecule has 0 atom stereocenters. The van der Waals surface area contributed by atoms with E-state index in [-0.39, 0.29) is 0 Å². The predicted molar refractivity (Wildman–Crippen MR) is 36.5 cm³/mol. The largest absolute Gasteiger partial charge is 0.175 e. The van der Waals surface area contributed by atoms with Crippen LogP contribution in [0.5, 0.6) is 0 Å². The molecule has 0 radical (unpaired) electrons. The smallest absolute Gasteiger partial charge is 0.0118 e. The van der Waals surface area contributed by atoms with E-state index in [0.29, 0.717) is 0 Å². The lowest BCUT2D eigenvalue weighted by atomic mass is 10.4. The summed E-state index contributed by atoms with van der Waals surface area (Å²) in [5.74, 6) is 0.839. The van der Waals surface area contributed by atoms with Gasteiger partial charge < -0.3 is 0 Å². The molecule has 0 aliphatic heterocycles. The summed E-state index contributed by atoms with van der Waals surface area (Å²) in [4.78, 5) is 1.88. The molecule has 6 heavy (non-hydrogen) atoms. The van der Waals surface area contributed by atoms with E-state index in [2.05, 4.69) is 28.6 Å². The topological polar surface area (TPSA) is 0 Å². The number of thiol groups is 1. The van der Waals surface area contributed by atoms with E-state index in [0.717, 1.165) is 5.75 Å². The minimum atomic E-state index is 0.839. The molecule has 0 aromatic rings. The molecule has 0 saturated carbocycles. The second-order valence-corrected chi connectivity index (χ2v) is 1.89. The van der Waals surface area contributed by atoms with E-state index >= 15 is 0 Å². The predicted octanol–water partition coefficient (Wildman–Crippen LogP) is 2.21. The third kappa shape index (κ3) is 2.79. The van der Waals surface area contributed by atoms with Gasteiger partial charge in [-0.05, 0) is 11.9 Å². The van der Waals surface area contributed by atoms with Crippen LogP contribution in [0.4, 0.5) is 0 Å². The van der Waals surface area contributed by atoms with Crippen LogP contribution in [0.3, 0.4) is 0 Å². The Bertz CT molecular complexity index is 58.6. The Morgan fingerprint density at radius 1 is 2.00 bits per heavy atom. The van der Waals surface area contributed by atoms with Crippen LogP contribution in [0.15, 0.2) is 10.6 Å². The molecule has 0 rings (SSSR count). The van der Waals surface area contributed by atoms with Crippen molar-refractivity contribution < 1.29 is 0 Å². The zero-order chi connectivity index (χ0) is 4.99. The Kier molecular flexibility index (Phi) is 4.11. The van der Waals surface area contributed by atoms with Crippen LogP contribution in [0.25, 0.3) is 0 Å². The molecule has 0 aromatic heterocycles. The summed E-state index contributed by atoms with van der Waals surface area (Å²) >= 11 is 7.16. The Balaban J connectivity index is 3.22. The van der Waals surface area contributed by atoms with E-state index in [1.54, 1.807) is 0 Å². The fraction of sp³-hybridized carbons (Fsp3) is 0.500. The van der Waals surface area contributed by atoms with Crippen LogP contribution >= 0.6 is 28.6 Å². The first-order chi connectivity index (χ1) is 2.81. The molecule has 0 heterocycles. The van der Waals surface area contributed by atoms with Gasteiger partial charge in [-0.3, -0.25) is 0 Å². The first-order valence-corrected chi connectivity index (χ1v) is 3.22. The van der Waals surface area contributed by atoms with Crippen molar-refractivity contribution in [3.63, 3.8) is 0 Å². The summed E-state index contributed by atoms with van der Waals surface area (Å²) in [6, 6.07) is 0. The van der Waals surface area contributed by atoms with Gasteiger partial charge in [0.2, 0.25) is 0 Å². The highest BCUT2D eigenvalue weighted by molar-refractivity contribution is 9.11. The van der Waals surface area contributed by atoms with E-state index < -0.39 is 0 Å². The van der Waals surface area contributed by atoms with Crippen molar-refractivity contribution in [1.29, 1.82) is 0 Å². The van der Waals surface area contributed by atoms with E-state index in [4.69, 9.17) is 0 Å². The maximum atomic E-state index is 4.00. The van der Waals surface area contributed by atoms with Gasteiger partial charge in [0.05, 0.1) is 0 Å². The molecule has 36 valence electrons. The lowest BCUT2D eigenvalue weighted by Gasteiger charge is -1.83. The maximum absolute atomic E-state index is 4.00. The second kappa shape index (κ2) is 3.75. The highest BCUT2D eigenvalue weighted by Gasteiger charge is 1.75. The average Bonchev–Trinajstić information content (AvgIpc) is 1.65. The van der Waals surface area contributed by atoms with Gasteiger partial charge in [-0.25, -0.2) is 0 Å². The van der Waals surface area contributed by atoms with Crippen LogP contribution in [-0.2, 0) is 0 Å². The highest BCUT2D eigenvalue weighted by atomic mass is 79.9. The first-order valence-electron chi connectivity index (χ1n) is 1.68. The van der Waals surface area contributed by atoms with Crippen LogP contribution in [0.2, 0.25) is 0 Å². The zero-order valence-electron chi connectivity index (χ0n) is 3.61. The van der Waals surface area contributed by atoms with E-state index in [9.17, 15) is 0 Å². The van der Waals surface area contributed by atoms with Crippen molar-refractivity contribution in [2.24, 2.45) is 0 Å². The van der Waals surface area contributed by atoms with Crippen LogP contribution < -0.4 is 0 Å². The lowest BCUT2D eigenvalue weighted by molar-refractivity contribution is 1.44. The molecular weight excluding hydrogens is 160 g/mol. The standard InChI is InChI=1S/C4H7BrS/c1-4(2-5)3-6/h2,6H,3H2,1H3. The van der Waals surface area contributed by atoms with Gasteiger partial charge in [0.1, 0.15) is 0 Å². The molecule has 0 fully saturated rings. The molecule has 0 aromatic carbocycles. The number of halogens is 1. The molecular formula is C4H7BrS. The zero-order valence-corrected chi connectivity index (χ0v) is 6.09. The first kappa shape index (κ1) is 6.57. The normalized spacial score (nSPS) is 12.2.